The molecule has 7 heteroatoms. The Hall–Kier alpha value is -2.18. The number of fused-ring (bicyclic) bond motifs is 3. The third kappa shape index (κ3) is 4.60. The van der Waals surface area contributed by atoms with Gasteiger partial charge in [-0.15, -0.1) is 0 Å². The van der Waals surface area contributed by atoms with Crippen molar-refractivity contribution in [1.82, 2.24) is 14.8 Å². The van der Waals surface area contributed by atoms with E-state index in [9.17, 15) is 4.39 Å². The predicted octanol–water partition coefficient (Wildman–Crippen LogP) is 5.45. The zero-order valence-electron chi connectivity index (χ0n) is 17.2. The van der Waals surface area contributed by atoms with Crippen LogP contribution in [0.15, 0.2) is 54.6 Å². The number of hydrogen-bond acceptors (Lipinski definition) is 3. The molecular weight excluding hydrogens is 400 g/mol. The van der Waals surface area contributed by atoms with Crippen LogP contribution in [0.3, 0.4) is 0 Å². The average Bonchev–Trinajstić information content (AvgIpc) is 3.08. The normalized spacial score (nSPS) is 21.6. The Morgan fingerprint density at radius 3 is 2.87 bits per heavy atom. The standard InChI is InChI=1S/C23H26BClFN3O/c1-3-19(26)8-4-15(2)30-20-9-5-16(6-10-20)23-28-24-22-14-27-13-17-12-18(25)7-11-21(17)29(22)23/h3-4,7-8,11-12,16,20,27H,2,5-6,9-10,13-14H2,1H3/b8-4-,19-3+. The molecule has 0 spiro atoms. The Balaban J connectivity index is 1.46. The summed E-state index contributed by atoms with van der Waals surface area (Å²) >= 11 is 6.22. The maximum atomic E-state index is 13.2. The van der Waals surface area contributed by atoms with E-state index in [0.29, 0.717) is 11.7 Å². The van der Waals surface area contributed by atoms with Crippen molar-refractivity contribution < 1.29 is 9.13 Å². The molecule has 0 saturated heterocycles. The van der Waals surface area contributed by atoms with Gasteiger partial charge in [-0.25, -0.2) is 0 Å². The van der Waals surface area contributed by atoms with Gasteiger partial charge < -0.3 is 0 Å². The van der Waals surface area contributed by atoms with Crippen LogP contribution in [0.25, 0.3) is 5.69 Å². The van der Waals surface area contributed by atoms with Crippen molar-refractivity contribution in [2.45, 2.75) is 57.7 Å². The average molecular weight is 426 g/mol. The van der Waals surface area contributed by atoms with Crippen LogP contribution < -0.4 is 5.32 Å². The van der Waals surface area contributed by atoms with Gasteiger partial charge in [-0.05, 0) is 6.92 Å². The van der Waals surface area contributed by atoms with Gasteiger partial charge in [-0.2, -0.15) is 0 Å². The van der Waals surface area contributed by atoms with E-state index >= 15 is 0 Å². The molecule has 0 atom stereocenters. The van der Waals surface area contributed by atoms with Gasteiger partial charge in [0.25, 0.3) is 0 Å². The molecule has 4 nitrogen and oxygen atoms in total. The van der Waals surface area contributed by atoms with Gasteiger partial charge in [-0.3, -0.25) is 0 Å². The van der Waals surface area contributed by atoms with E-state index in [2.05, 4.69) is 22.5 Å². The number of nitrogens with one attached hydrogen (secondary N) is 1. The molecule has 1 aromatic carbocycles. The molecule has 2 aliphatic rings. The first-order valence-electron chi connectivity index (χ1n) is 10.5. The van der Waals surface area contributed by atoms with Crippen molar-refractivity contribution in [2.75, 3.05) is 0 Å². The van der Waals surface area contributed by atoms with Crippen LogP contribution in [0, 0.1) is 0 Å². The van der Waals surface area contributed by atoms with Gasteiger partial charge in [0.2, 0.25) is 0 Å². The number of benzene rings is 1. The second kappa shape index (κ2) is 9.31. The summed E-state index contributed by atoms with van der Waals surface area (Å²) in [5, 5.41) is 4.22. The van der Waals surface area contributed by atoms with Gasteiger partial charge in [0.05, 0.1) is 0 Å². The third-order valence-corrected chi connectivity index (χ3v) is 6.06. The van der Waals surface area contributed by atoms with E-state index < -0.39 is 0 Å². The number of halogens is 2. The van der Waals surface area contributed by atoms with Crippen molar-refractivity contribution in [3.05, 3.63) is 76.6 Å². The number of ether oxygens (including phenoxy) is 1. The summed E-state index contributed by atoms with van der Waals surface area (Å²) in [7, 11) is 1.98. The monoisotopic (exact) mass is 425 g/mol. The zero-order valence-corrected chi connectivity index (χ0v) is 18.0. The van der Waals surface area contributed by atoms with E-state index in [4.69, 9.17) is 21.2 Å². The van der Waals surface area contributed by atoms with Crippen LogP contribution in [-0.2, 0) is 17.8 Å². The Bertz CT molecular complexity index is 992. The number of nitrogens with zero attached hydrogens (tertiary/aromatic N) is 2. The summed E-state index contributed by atoms with van der Waals surface area (Å²) < 4.78 is 21.5. The van der Waals surface area contributed by atoms with E-state index in [-0.39, 0.29) is 11.9 Å². The molecule has 0 radical (unpaired) electrons. The van der Waals surface area contributed by atoms with Crippen LogP contribution in [0.4, 0.5) is 4.39 Å². The third-order valence-electron chi connectivity index (χ3n) is 5.83. The van der Waals surface area contributed by atoms with Crippen molar-refractivity contribution in [3.8, 4) is 5.69 Å². The molecule has 1 saturated carbocycles. The first kappa shape index (κ1) is 21.1. The molecule has 4 rings (SSSR count). The fourth-order valence-corrected chi connectivity index (χ4v) is 4.49. The SMILES string of the molecule is C=C(/C=C\C(F)=C/C)OC1CCC(c2nbc3n2-c2ccc(Cl)cc2CNC3)CC1. The fraction of sp³-hybridized carbons (Fsp3) is 0.391. The second-order valence-electron chi connectivity index (χ2n) is 7.88. The van der Waals surface area contributed by atoms with E-state index in [1.165, 1.54) is 23.3 Å². The molecule has 30 heavy (non-hydrogen) atoms. The first-order valence-corrected chi connectivity index (χ1v) is 10.8. The molecule has 2 heterocycles. The molecule has 156 valence electrons. The second-order valence-corrected chi connectivity index (χ2v) is 8.32. The van der Waals surface area contributed by atoms with Crippen molar-refractivity contribution in [1.29, 1.82) is 0 Å². The Labute approximate surface area is 182 Å². The minimum atomic E-state index is -0.292. The van der Waals surface area contributed by atoms with Gasteiger partial charge in [0, 0.05) is 0 Å². The molecule has 2 aromatic rings. The molecule has 1 N–H and O–H groups in total. The Kier molecular flexibility index (Phi) is 6.54. The van der Waals surface area contributed by atoms with Crippen LogP contribution >= 0.6 is 11.6 Å². The summed E-state index contributed by atoms with van der Waals surface area (Å²) in [6.07, 6.45) is 8.34. The van der Waals surface area contributed by atoms with Gasteiger partial charge in [0.15, 0.2) is 0 Å². The van der Waals surface area contributed by atoms with E-state index in [1.807, 2.05) is 19.2 Å². The molecule has 1 aliphatic carbocycles. The summed E-state index contributed by atoms with van der Waals surface area (Å²) in [4.78, 5) is 4.80. The summed E-state index contributed by atoms with van der Waals surface area (Å²) in [6.45, 7) is 7.12. The summed E-state index contributed by atoms with van der Waals surface area (Å²) in [6, 6.07) is 6.07. The molecule has 1 aromatic heterocycles. The van der Waals surface area contributed by atoms with Gasteiger partial charge >= 0.3 is 176 Å². The molecule has 0 bridgehead atoms. The quantitative estimate of drug-likeness (QED) is 0.511. The van der Waals surface area contributed by atoms with Crippen molar-refractivity contribution in [2.24, 2.45) is 0 Å². The van der Waals surface area contributed by atoms with E-state index in [1.54, 1.807) is 13.0 Å². The first-order chi connectivity index (χ1) is 14.5. The van der Waals surface area contributed by atoms with E-state index in [0.717, 1.165) is 55.3 Å². The Morgan fingerprint density at radius 2 is 2.10 bits per heavy atom. The van der Waals surface area contributed by atoms with Crippen LogP contribution in [-0.4, -0.2) is 22.6 Å². The predicted molar refractivity (Wildman–Crippen MR) is 120 cm³/mol. The summed E-state index contributed by atoms with van der Waals surface area (Å²) in [5.41, 5.74) is 3.53. The van der Waals surface area contributed by atoms with Crippen LogP contribution in [0.2, 0.25) is 5.02 Å². The number of aromatic nitrogens is 2. The topological polar surface area (TPSA) is 39.1 Å². The van der Waals surface area contributed by atoms with Gasteiger partial charge in [-0.1, -0.05) is 0 Å². The van der Waals surface area contributed by atoms with Crippen molar-refractivity contribution >= 4 is 18.7 Å². The van der Waals surface area contributed by atoms with Crippen LogP contribution in [0.5, 0.6) is 0 Å². The maximum absolute atomic E-state index is 13.2. The molecule has 0 unspecified atom stereocenters. The number of allylic oxidation sites excluding steroid dienone is 4. The fourth-order valence-electron chi connectivity index (χ4n) is 4.29. The number of hydrogen-bond donors (Lipinski definition) is 1. The molecular formula is C23H26BClFN3O. The molecule has 1 fully saturated rings. The summed E-state index contributed by atoms with van der Waals surface area (Å²) in [5.74, 6) is 1.70. The minimum absolute atomic E-state index is 0.110. The molecule has 1 aliphatic heterocycles. The van der Waals surface area contributed by atoms with Crippen molar-refractivity contribution in [3.63, 3.8) is 0 Å². The Morgan fingerprint density at radius 1 is 1.30 bits per heavy atom. The molecule has 0 amide bonds. The number of rotatable bonds is 5. The zero-order chi connectivity index (χ0) is 21.1. The van der Waals surface area contributed by atoms with Crippen LogP contribution in [0.1, 0.15) is 55.5 Å². The van der Waals surface area contributed by atoms with Gasteiger partial charge in [0.1, 0.15) is 0 Å².